The SMILES string of the molecule is CC(=O)C(F)(F)C(F)(F)C(F)(F)C(F)(F)C(F)(F)C(F)(F)F. The van der Waals surface area contributed by atoms with Crippen LogP contribution in [0.3, 0.4) is 0 Å². The number of alkyl halides is 13. The standard InChI is InChI=1S/C8H3F13O/c1-2(22)3(9,10)4(11,12)5(13,14)6(15,16)7(17,18)8(19,20)21/h1H3. The van der Waals surface area contributed by atoms with Gasteiger partial charge < -0.3 is 0 Å². The Balaban J connectivity index is 6.29. The minimum absolute atomic E-state index is 0.482. The zero-order chi connectivity index (χ0) is 18.6. The third kappa shape index (κ3) is 2.39. The van der Waals surface area contributed by atoms with E-state index in [9.17, 15) is 61.9 Å². The lowest BCUT2D eigenvalue weighted by atomic mass is 9.92. The van der Waals surface area contributed by atoms with Gasteiger partial charge in [0.2, 0.25) is 5.78 Å². The number of ketones is 1. The van der Waals surface area contributed by atoms with Crippen molar-refractivity contribution in [1.82, 2.24) is 0 Å². The highest BCUT2D eigenvalue weighted by Crippen LogP contribution is 2.60. The number of hydrogen-bond acceptors (Lipinski definition) is 1. The summed E-state index contributed by atoms with van der Waals surface area (Å²) in [7, 11) is 0. The van der Waals surface area contributed by atoms with Gasteiger partial charge in [-0.2, -0.15) is 57.1 Å². The largest absolute Gasteiger partial charge is 0.460 e. The van der Waals surface area contributed by atoms with E-state index in [4.69, 9.17) is 0 Å². The van der Waals surface area contributed by atoms with E-state index in [2.05, 4.69) is 0 Å². The van der Waals surface area contributed by atoms with Gasteiger partial charge in [0.15, 0.2) is 0 Å². The van der Waals surface area contributed by atoms with Crippen LogP contribution in [-0.2, 0) is 4.79 Å². The average molecular weight is 362 g/mol. The summed E-state index contributed by atoms with van der Waals surface area (Å²) in [4.78, 5) is 10.1. The molecule has 0 saturated carbocycles. The number of rotatable bonds is 5. The van der Waals surface area contributed by atoms with Crippen molar-refractivity contribution in [2.75, 3.05) is 0 Å². The minimum atomic E-state index is -7.97. The molecule has 0 aromatic heterocycles. The summed E-state index contributed by atoms with van der Waals surface area (Å²) in [5, 5.41) is 0. The molecule has 0 N–H and O–H groups in total. The third-order valence-electron chi connectivity index (χ3n) is 2.38. The highest BCUT2D eigenvalue weighted by Gasteiger charge is 2.91. The maximum absolute atomic E-state index is 12.7. The molecular weight excluding hydrogens is 359 g/mol. The van der Waals surface area contributed by atoms with Crippen molar-refractivity contribution in [1.29, 1.82) is 0 Å². The molecule has 0 aliphatic heterocycles. The first kappa shape index (κ1) is 20.8. The van der Waals surface area contributed by atoms with Crippen LogP contribution in [0.15, 0.2) is 0 Å². The van der Waals surface area contributed by atoms with Gasteiger partial charge in [-0.15, -0.1) is 0 Å². The van der Waals surface area contributed by atoms with E-state index in [1.165, 1.54) is 0 Å². The van der Waals surface area contributed by atoms with Gasteiger partial charge in [-0.25, -0.2) is 0 Å². The zero-order valence-corrected chi connectivity index (χ0v) is 9.82. The Labute approximate surface area is 112 Å². The fraction of sp³-hybridized carbons (Fsp3) is 0.875. The van der Waals surface area contributed by atoms with Crippen LogP contribution in [0.2, 0.25) is 0 Å². The highest BCUT2D eigenvalue weighted by atomic mass is 19.4. The van der Waals surface area contributed by atoms with Crippen molar-refractivity contribution < 1.29 is 61.9 Å². The molecule has 1 nitrogen and oxygen atoms in total. The zero-order valence-electron chi connectivity index (χ0n) is 9.82. The molecule has 0 aliphatic carbocycles. The number of carbonyl (C=O) groups excluding carboxylic acids is 1. The van der Waals surface area contributed by atoms with E-state index >= 15 is 0 Å². The Morgan fingerprint density at radius 2 is 0.818 bits per heavy atom. The first-order valence-electron chi connectivity index (χ1n) is 4.66. The van der Waals surface area contributed by atoms with Crippen LogP contribution >= 0.6 is 0 Å². The molecule has 22 heavy (non-hydrogen) atoms. The first-order chi connectivity index (χ1) is 9.19. The molecule has 0 aliphatic rings. The van der Waals surface area contributed by atoms with Gasteiger partial charge in [0.1, 0.15) is 0 Å². The van der Waals surface area contributed by atoms with Crippen molar-refractivity contribution >= 4 is 5.78 Å². The van der Waals surface area contributed by atoms with Crippen molar-refractivity contribution in [3.05, 3.63) is 0 Å². The van der Waals surface area contributed by atoms with Crippen molar-refractivity contribution in [3.63, 3.8) is 0 Å². The average Bonchev–Trinajstić information content (AvgIpc) is 2.25. The third-order valence-corrected chi connectivity index (χ3v) is 2.38. The predicted molar refractivity (Wildman–Crippen MR) is 41.5 cm³/mol. The summed E-state index contributed by atoms with van der Waals surface area (Å²) in [5.41, 5.74) is 0. The van der Waals surface area contributed by atoms with E-state index in [1.54, 1.807) is 0 Å². The van der Waals surface area contributed by atoms with Crippen molar-refractivity contribution in [2.24, 2.45) is 0 Å². The Bertz CT molecular complexity index is 445. The van der Waals surface area contributed by atoms with Gasteiger partial charge in [0.05, 0.1) is 0 Å². The number of hydrogen-bond donors (Lipinski definition) is 0. The van der Waals surface area contributed by atoms with Crippen LogP contribution in [0.5, 0.6) is 0 Å². The molecule has 0 aromatic carbocycles. The molecule has 0 atom stereocenters. The lowest BCUT2D eigenvalue weighted by Gasteiger charge is -2.39. The number of halogens is 13. The van der Waals surface area contributed by atoms with Crippen LogP contribution in [0.4, 0.5) is 57.1 Å². The molecule has 0 amide bonds. The minimum Gasteiger partial charge on any atom is -0.293 e. The lowest BCUT2D eigenvalue weighted by Crippen LogP contribution is -2.71. The van der Waals surface area contributed by atoms with E-state index in [0.29, 0.717) is 0 Å². The summed E-state index contributed by atoms with van der Waals surface area (Å²) in [5.74, 6) is -41.0. The Morgan fingerprint density at radius 1 is 0.545 bits per heavy atom. The quantitative estimate of drug-likeness (QED) is 0.666. The summed E-state index contributed by atoms with van der Waals surface area (Å²) >= 11 is 0. The predicted octanol–water partition coefficient (Wildman–Crippen LogP) is 4.31. The summed E-state index contributed by atoms with van der Waals surface area (Å²) in [6, 6.07) is 0. The number of Topliss-reactive ketones (excluding diaryl/α,β-unsaturated/α-hetero) is 1. The second-order valence-corrected chi connectivity index (χ2v) is 3.93. The van der Waals surface area contributed by atoms with Crippen LogP contribution in [0.25, 0.3) is 0 Å². The molecule has 0 spiro atoms. The fourth-order valence-corrected chi connectivity index (χ4v) is 0.991. The van der Waals surface area contributed by atoms with Gasteiger partial charge >= 0.3 is 35.8 Å². The first-order valence-corrected chi connectivity index (χ1v) is 4.66. The molecule has 0 aromatic rings. The molecule has 0 fully saturated rings. The van der Waals surface area contributed by atoms with Gasteiger partial charge in [0.25, 0.3) is 0 Å². The lowest BCUT2D eigenvalue weighted by molar-refractivity contribution is -0.435. The van der Waals surface area contributed by atoms with Crippen LogP contribution in [0, 0.1) is 0 Å². The molecule has 14 heteroatoms. The van der Waals surface area contributed by atoms with Crippen LogP contribution in [-0.4, -0.2) is 41.6 Å². The summed E-state index contributed by atoms with van der Waals surface area (Å²) in [6.07, 6.45) is -7.46. The maximum atomic E-state index is 12.7. The second-order valence-electron chi connectivity index (χ2n) is 3.93. The monoisotopic (exact) mass is 362 g/mol. The van der Waals surface area contributed by atoms with Crippen molar-refractivity contribution in [2.45, 2.75) is 42.7 Å². The summed E-state index contributed by atoms with van der Waals surface area (Å²) in [6.45, 7) is -0.482. The molecule has 0 saturated heterocycles. The van der Waals surface area contributed by atoms with Crippen LogP contribution in [0.1, 0.15) is 6.92 Å². The van der Waals surface area contributed by atoms with Gasteiger partial charge in [0, 0.05) is 6.92 Å². The summed E-state index contributed by atoms with van der Waals surface area (Å²) < 4.78 is 161. The van der Waals surface area contributed by atoms with Gasteiger partial charge in [-0.05, 0) is 0 Å². The molecule has 132 valence electrons. The Kier molecular flexibility index (Phi) is 4.60. The van der Waals surface area contributed by atoms with E-state index in [1.807, 2.05) is 0 Å². The second kappa shape index (κ2) is 4.88. The molecular formula is C8H3F13O. The molecule has 0 radical (unpaired) electrons. The number of carbonyl (C=O) groups is 1. The Hall–Kier alpha value is -1.24. The van der Waals surface area contributed by atoms with E-state index in [-0.39, 0.29) is 0 Å². The van der Waals surface area contributed by atoms with Gasteiger partial charge in [-0.3, -0.25) is 4.79 Å². The van der Waals surface area contributed by atoms with Gasteiger partial charge in [-0.1, -0.05) is 0 Å². The smallest absolute Gasteiger partial charge is 0.293 e. The highest BCUT2D eigenvalue weighted by molar-refractivity contribution is 5.84. The fourth-order valence-electron chi connectivity index (χ4n) is 0.991. The van der Waals surface area contributed by atoms with E-state index < -0.39 is 48.5 Å². The van der Waals surface area contributed by atoms with Crippen LogP contribution < -0.4 is 0 Å². The molecule has 0 bridgehead atoms. The molecule has 0 rings (SSSR count). The topological polar surface area (TPSA) is 17.1 Å². The van der Waals surface area contributed by atoms with E-state index in [0.717, 1.165) is 0 Å². The van der Waals surface area contributed by atoms with Crippen molar-refractivity contribution in [3.8, 4) is 0 Å². The Morgan fingerprint density at radius 3 is 1.05 bits per heavy atom. The normalized spacial score (nSPS) is 15.9. The maximum Gasteiger partial charge on any atom is 0.460 e. The molecule has 0 unspecified atom stereocenters. The molecule has 0 heterocycles.